The van der Waals surface area contributed by atoms with Gasteiger partial charge in [0.2, 0.25) is 0 Å². The van der Waals surface area contributed by atoms with Crippen LogP contribution in [0.25, 0.3) is 0 Å². The predicted molar refractivity (Wildman–Crippen MR) is 120 cm³/mol. The van der Waals surface area contributed by atoms with Crippen LogP contribution in [0.15, 0.2) is 24.3 Å². The molecule has 5 N–H and O–H groups in total. The van der Waals surface area contributed by atoms with Gasteiger partial charge in [0.25, 0.3) is 0 Å². The highest BCUT2D eigenvalue weighted by atomic mass is 16.3. The van der Waals surface area contributed by atoms with Crippen molar-refractivity contribution in [3.05, 3.63) is 24.3 Å². The van der Waals surface area contributed by atoms with Gasteiger partial charge in [-0.15, -0.1) is 0 Å². The number of allylic oxidation sites excluding steroid dienone is 4. The molecule has 0 aromatic heterocycles. The van der Waals surface area contributed by atoms with E-state index in [1.54, 1.807) is 0 Å². The summed E-state index contributed by atoms with van der Waals surface area (Å²) in [4.78, 5) is 2.24. The van der Waals surface area contributed by atoms with Crippen molar-refractivity contribution in [3.8, 4) is 0 Å². The van der Waals surface area contributed by atoms with Crippen LogP contribution in [0, 0.1) is 0 Å². The lowest BCUT2D eigenvalue weighted by atomic mass is 10.1. The first-order chi connectivity index (χ1) is 13.2. The summed E-state index contributed by atoms with van der Waals surface area (Å²) < 4.78 is 0. The Bertz CT molecular complexity index is 345. The summed E-state index contributed by atoms with van der Waals surface area (Å²) >= 11 is 0. The smallest absolute Gasteiger partial charge is 0.0789 e. The average Bonchev–Trinajstić information content (AvgIpc) is 2.67. The summed E-state index contributed by atoms with van der Waals surface area (Å²) in [6.07, 6.45) is 24.1. The summed E-state index contributed by atoms with van der Waals surface area (Å²) in [5, 5.41) is 9.67. The summed E-state index contributed by atoms with van der Waals surface area (Å²) in [6, 6.07) is 0. The summed E-state index contributed by atoms with van der Waals surface area (Å²) in [5.74, 6) is 0. The van der Waals surface area contributed by atoms with Crippen molar-refractivity contribution in [3.63, 3.8) is 0 Å². The van der Waals surface area contributed by atoms with E-state index >= 15 is 0 Å². The third-order valence-electron chi connectivity index (χ3n) is 4.86. The highest BCUT2D eigenvalue weighted by Gasteiger charge is 2.09. The molecule has 1 unspecified atom stereocenters. The minimum atomic E-state index is -0.429. The van der Waals surface area contributed by atoms with Crippen molar-refractivity contribution < 1.29 is 5.11 Å². The third-order valence-corrected chi connectivity index (χ3v) is 4.86. The van der Waals surface area contributed by atoms with Crippen LogP contribution < -0.4 is 11.5 Å². The summed E-state index contributed by atoms with van der Waals surface area (Å²) in [7, 11) is 0. The Hall–Kier alpha value is -0.680. The van der Waals surface area contributed by atoms with Crippen LogP contribution in [0.5, 0.6) is 0 Å². The fraction of sp³-hybridized carbons (Fsp3) is 0.826. The Morgan fingerprint density at radius 2 is 1.37 bits per heavy atom. The predicted octanol–water partition coefficient (Wildman–Crippen LogP) is 4.38. The topological polar surface area (TPSA) is 75.5 Å². The fourth-order valence-corrected chi connectivity index (χ4v) is 3.17. The van der Waals surface area contributed by atoms with Crippen LogP contribution in [0.1, 0.15) is 84.0 Å². The van der Waals surface area contributed by atoms with Crippen LogP contribution in [-0.4, -0.2) is 48.8 Å². The van der Waals surface area contributed by atoms with E-state index in [0.717, 1.165) is 19.5 Å². The van der Waals surface area contributed by atoms with E-state index in [4.69, 9.17) is 11.5 Å². The van der Waals surface area contributed by atoms with Gasteiger partial charge in [0.15, 0.2) is 0 Å². The average molecular weight is 382 g/mol. The second kappa shape index (κ2) is 21.6. The molecular formula is C23H47N3O. The number of aliphatic hydroxyl groups excluding tert-OH is 1. The van der Waals surface area contributed by atoms with Crippen molar-refractivity contribution in [2.75, 3.05) is 32.7 Å². The Balaban J connectivity index is 3.44. The molecule has 0 saturated heterocycles. The largest absolute Gasteiger partial charge is 0.390 e. The second-order valence-electron chi connectivity index (χ2n) is 7.56. The zero-order valence-corrected chi connectivity index (χ0v) is 18.0. The Kier molecular flexibility index (Phi) is 21.1. The van der Waals surface area contributed by atoms with Crippen LogP contribution >= 0.6 is 0 Å². The molecule has 4 nitrogen and oxygen atoms in total. The first-order valence-electron chi connectivity index (χ1n) is 11.3. The molecule has 4 heteroatoms. The molecule has 0 aromatic carbocycles. The van der Waals surface area contributed by atoms with Crippen molar-refractivity contribution in [2.45, 2.75) is 90.1 Å². The standard InChI is InChI=1S/C23H47N3O/c1-2-3-4-5-6-7-8-9-10-11-12-13-14-15-16-17-19-26(20-18-24)22-23(27)21-25/h6-7,9-10,23,27H,2-5,8,11-22,24-25H2,1H3/b7-6-,10-9-. The third kappa shape index (κ3) is 19.9. The van der Waals surface area contributed by atoms with E-state index in [1.165, 1.54) is 70.6 Å². The zero-order chi connectivity index (χ0) is 20.0. The Morgan fingerprint density at radius 3 is 1.96 bits per heavy atom. The van der Waals surface area contributed by atoms with Crippen molar-refractivity contribution in [1.82, 2.24) is 4.90 Å². The maximum absolute atomic E-state index is 9.67. The van der Waals surface area contributed by atoms with Crippen molar-refractivity contribution in [2.24, 2.45) is 11.5 Å². The van der Waals surface area contributed by atoms with Gasteiger partial charge in [0.05, 0.1) is 6.10 Å². The molecule has 0 heterocycles. The minimum absolute atomic E-state index is 0.324. The SMILES string of the molecule is CCCCC/C=C\C/C=C\CCCCCCCCN(CCN)CC(O)CN. The van der Waals surface area contributed by atoms with Gasteiger partial charge in [-0.3, -0.25) is 4.90 Å². The molecule has 0 amide bonds. The van der Waals surface area contributed by atoms with E-state index in [0.29, 0.717) is 19.6 Å². The van der Waals surface area contributed by atoms with Crippen LogP contribution in [0.2, 0.25) is 0 Å². The maximum atomic E-state index is 9.67. The Morgan fingerprint density at radius 1 is 0.778 bits per heavy atom. The van der Waals surface area contributed by atoms with Gasteiger partial charge in [-0.2, -0.15) is 0 Å². The molecule has 0 bridgehead atoms. The number of aliphatic hydroxyl groups is 1. The van der Waals surface area contributed by atoms with Crippen LogP contribution in [0.3, 0.4) is 0 Å². The normalized spacial score (nSPS) is 13.4. The molecule has 1 atom stereocenters. The van der Waals surface area contributed by atoms with E-state index < -0.39 is 6.10 Å². The van der Waals surface area contributed by atoms with Crippen molar-refractivity contribution >= 4 is 0 Å². The van der Waals surface area contributed by atoms with E-state index in [1.807, 2.05) is 0 Å². The minimum Gasteiger partial charge on any atom is -0.390 e. The number of rotatable bonds is 20. The molecule has 0 aliphatic heterocycles. The first kappa shape index (κ1) is 26.3. The van der Waals surface area contributed by atoms with E-state index in [2.05, 4.69) is 36.1 Å². The zero-order valence-electron chi connectivity index (χ0n) is 18.0. The fourth-order valence-electron chi connectivity index (χ4n) is 3.17. The lowest BCUT2D eigenvalue weighted by Crippen LogP contribution is -2.39. The molecule has 0 aliphatic carbocycles. The lowest BCUT2D eigenvalue weighted by molar-refractivity contribution is 0.119. The first-order valence-corrected chi connectivity index (χ1v) is 11.3. The van der Waals surface area contributed by atoms with Gasteiger partial charge in [0, 0.05) is 26.2 Å². The molecule has 0 saturated carbocycles. The van der Waals surface area contributed by atoms with Gasteiger partial charge < -0.3 is 16.6 Å². The molecule has 0 aromatic rings. The quantitative estimate of drug-likeness (QED) is 0.216. The summed E-state index contributed by atoms with van der Waals surface area (Å²) in [6.45, 7) is 5.72. The van der Waals surface area contributed by atoms with Crippen LogP contribution in [0.4, 0.5) is 0 Å². The lowest BCUT2D eigenvalue weighted by Gasteiger charge is -2.23. The van der Waals surface area contributed by atoms with Gasteiger partial charge >= 0.3 is 0 Å². The highest BCUT2D eigenvalue weighted by molar-refractivity contribution is 4.92. The molecule has 0 rings (SSSR count). The number of nitrogens with zero attached hydrogens (tertiary/aromatic N) is 1. The van der Waals surface area contributed by atoms with Crippen LogP contribution in [-0.2, 0) is 0 Å². The molecule has 27 heavy (non-hydrogen) atoms. The van der Waals surface area contributed by atoms with Gasteiger partial charge in [-0.25, -0.2) is 0 Å². The maximum Gasteiger partial charge on any atom is 0.0789 e. The molecule has 0 radical (unpaired) electrons. The molecule has 0 aliphatic rings. The van der Waals surface area contributed by atoms with E-state index in [9.17, 15) is 5.11 Å². The molecule has 160 valence electrons. The molecule has 0 fully saturated rings. The molecular weight excluding hydrogens is 334 g/mol. The number of nitrogens with two attached hydrogens (primary N) is 2. The van der Waals surface area contributed by atoms with Crippen molar-refractivity contribution in [1.29, 1.82) is 0 Å². The van der Waals surface area contributed by atoms with Gasteiger partial charge in [-0.1, -0.05) is 69.8 Å². The van der Waals surface area contributed by atoms with Gasteiger partial charge in [-0.05, 0) is 45.1 Å². The highest BCUT2D eigenvalue weighted by Crippen LogP contribution is 2.09. The summed E-state index contributed by atoms with van der Waals surface area (Å²) in [5.41, 5.74) is 11.1. The van der Waals surface area contributed by atoms with Gasteiger partial charge in [0.1, 0.15) is 0 Å². The second-order valence-corrected chi connectivity index (χ2v) is 7.56. The molecule has 0 spiro atoms. The number of unbranched alkanes of at least 4 members (excludes halogenated alkanes) is 9. The number of hydrogen-bond donors (Lipinski definition) is 3. The van der Waals surface area contributed by atoms with E-state index in [-0.39, 0.29) is 0 Å². The Labute approximate surface area is 169 Å². The monoisotopic (exact) mass is 381 g/mol. The number of hydrogen-bond acceptors (Lipinski definition) is 4.